The highest BCUT2D eigenvalue weighted by molar-refractivity contribution is 5.80. The van der Waals surface area contributed by atoms with E-state index in [9.17, 15) is 4.79 Å². The van der Waals surface area contributed by atoms with E-state index in [4.69, 9.17) is 4.74 Å². The van der Waals surface area contributed by atoms with E-state index >= 15 is 0 Å². The maximum atomic E-state index is 12.1. The Morgan fingerprint density at radius 2 is 1.96 bits per heavy atom. The summed E-state index contributed by atoms with van der Waals surface area (Å²) >= 11 is 0. The molecule has 2 rings (SSSR count). The van der Waals surface area contributed by atoms with Gasteiger partial charge in [0.15, 0.2) is 0 Å². The summed E-state index contributed by atoms with van der Waals surface area (Å²) in [5, 5.41) is 2.98. The molecule has 1 unspecified atom stereocenters. The van der Waals surface area contributed by atoms with E-state index in [-0.39, 0.29) is 5.91 Å². The van der Waals surface area contributed by atoms with Crippen molar-refractivity contribution in [3.05, 3.63) is 35.9 Å². The molecule has 1 fully saturated rings. The van der Waals surface area contributed by atoms with Gasteiger partial charge in [-0.05, 0) is 32.4 Å². The molecule has 1 aliphatic rings. The minimum Gasteiger partial charge on any atom is -0.364 e. The zero-order chi connectivity index (χ0) is 16.5. The van der Waals surface area contributed by atoms with Gasteiger partial charge >= 0.3 is 0 Å². The average Bonchev–Trinajstić information content (AvgIpc) is 2.61. The quantitative estimate of drug-likeness (QED) is 0.801. The Morgan fingerprint density at radius 1 is 1.26 bits per heavy atom. The van der Waals surface area contributed by atoms with E-state index in [1.165, 1.54) is 32.1 Å². The minimum atomic E-state index is -0.421. The first-order valence-electron chi connectivity index (χ1n) is 8.80. The Hall–Kier alpha value is -1.39. The van der Waals surface area contributed by atoms with Crippen LogP contribution >= 0.6 is 0 Å². The topological polar surface area (TPSA) is 41.6 Å². The molecule has 1 amide bonds. The third-order valence-corrected chi connectivity index (χ3v) is 4.67. The molecule has 1 aliphatic carbocycles. The molecule has 1 aromatic rings. The molecule has 4 heteroatoms. The first kappa shape index (κ1) is 18.0. The van der Waals surface area contributed by atoms with Gasteiger partial charge in [-0.2, -0.15) is 0 Å². The van der Waals surface area contributed by atoms with Crippen molar-refractivity contribution in [1.29, 1.82) is 0 Å². The Balaban J connectivity index is 1.61. The van der Waals surface area contributed by atoms with Crippen molar-refractivity contribution in [1.82, 2.24) is 10.2 Å². The van der Waals surface area contributed by atoms with E-state index in [1.54, 1.807) is 0 Å². The number of nitrogens with one attached hydrogen (secondary N) is 1. The highest BCUT2D eigenvalue weighted by atomic mass is 16.5. The number of carbonyl (C=O) groups is 1. The van der Waals surface area contributed by atoms with Crippen molar-refractivity contribution in [3.8, 4) is 0 Å². The van der Waals surface area contributed by atoms with Crippen molar-refractivity contribution < 1.29 is 9.53 Å². The second kappa shape index (κ2) is 9.68. The maximum absolute atomic E-state index is 12.1. The van der Waals surface area contributed by atoms with Gasteiger partial charge < -0.3 is 15.0 Å². The lowest BCUT2D eigenvalue weighted by molar-refractivity contribution is -0.132. The summed E-state index contributed by atoms with van der Waals surface area (Å²) in [5.74, 6) is -0.0297. The van der Waals surface area contributed by atoms with Crippen molar-refractivity contribution in [2.75, 3.05) is 20.1 Å². The fourth-order valence-corrected chi connectivity index (χ4v) is 3.07. The largest absolute Gasteiger partial charge is 0.364 e. The second-order valence-electron chi connectivity index (χ2n) is 6.50. The first-order chi connectivity index (χ1) is 11.2. The molecule has 0 spiro atoms. The monoisotopic (exact) mass is 318 g/mol. The van der Waals surface area contributed by atoms with Gasteiger partial charge in [0.05, 0.1) is 6.61 Å². The van der Waals surface area contributed by atoms with Gasteiger partial charge in [-0.1, -0.05) is 49.6 Å². The standard InChI is InChI=1S/C19H30N2O2/c1-16(23-15-17-9-5-3-6-10-17)19(22)20-13-14-21(2)18-11-7-4-8-12-18/h3,5-6,9-10,16,18H,4,7-8,11-15H2,1-2H3,(H,20,22). The number of hydrogen-bond acceptors (Lipinski definition) is 3. The highest BCUT2D eigenvalue weighted by Crippen LogP contribution is 2.21. The summed E-state index contributed by atoms with van der Waals surface area (Å²) in [5.41, 5.74) is 1.09. The summed E-state index contributed by atoms with van der Waals surface area (Å²) in [6.07, 6.45) is 6.21. The zero-order valence-electron chi connectivity index (χ0n) is 14.5. The van der Waals surface area contributed by atoms with Gasteiger partial charge in [-0.25, -0.2) is 0 Å². The minimum absolute atomic E-state index is 0.0297. The summed E-state index contributed by atoms with van der Waals surface area (Å²) in [4.78, 5) is 14.5. The number of amides is 1. The van der Waals surface area contributed by atoms with Gasteiger partial charge in [0.1, 0.15) is 6.10 Å². The van der Waals surface area contributed by atoms with E-state index in [2.05, 4.69) is 17.3 Å². The van der Waals surface area contributed by atoms with Crippen molar-refractivity contribution in [3.63, 3.8) is 0 Å². The third kappa shape index (κ3) is 6.32. The molecule has 1 N–H and O–H groups in total. The molecule has 0 saturated heterocycles. The van der Waals surface area contributed by atoms with E-state index in [1.807, 2.05) is 37.3 Å². The average molecular weight is 318 g/mol. The number of nitrogens with zero attached hydrogens (tertiary/aromatic N) is 1. The van der Waals surface area contributed by atoms with Crippen LogP contribution < -0.4 is 5.32 Å². The SMILES string of the molecule is CC(OCc1ccccc1)C(=O)NCCN(C)C1CCCCC1. The molecule has 1 saturated carbocycles. The second-order valence-corrected chi connectivity index (χ2v) is 6.50. The lowest BCUT2D eigenvalue weighted by Crippen LogP contribution is -2.42. The highest BCUT2D eigenvalue weighted by Gasteiger charge is 2.18. The molecule has 23 heavy (non-hydrogen) atoms. The van der Waals surface area contributed by atoms with Gasteiger partial charge in [0, 0.05) is 19.1 Å². The molecular formula is C19H30N2O2. The number of benzene rings is 1. The molecule has 4 nitrogen and oxygen atoms in total. The molecule has 0 heterocycles. The molecule has 1 aromatic carbocycles. The van der Waals surface area contributed by atoms with Gasteiger partial charge in [-0.15, -0.1) is 0 Å². The lowest BCUT2D eigenvalue weighted by Gasteiger charge is -2.31. The fourth-order valence-electron chi connectivity index (χ4n) is 3.07. The molecule has 0 radical (unpaired) electrons. The van der Waals surface area contributed by atoms with Crippen LogP contribution in [0.5, 0.6) is 0 Å². The van der Waals surface area contributed by atoms with Crippen molar-refractivity contribution in [2.45, 2.75) is 57.8 Å². The summed E-state index contributed by atoms with van der Waals surface area (Å²) in [6.45, 7) is 3.87. The smallest absolute Gasteiger partial charge is 0.248 e. The molecule has 128 valence electrons. The number of carbonyl (C=O) groups excluding carboxylic acids is 1. The first-order valence-corrected chi connectivity index (χ1v) is 8.80. The van der Waals surface area contributed by atoms with Crippen molar-refractivity contribution >= 4 is 5.91 Å². The van der Waals surface area contributed by atoms with Crippen LogP contribution in [-0.4, -0.2) is 43.1 Å². The molecular weight excluding hydrogens is 288 g/mol. The van der Waals surface area contributed by atoms with E-state index in [0.29, 0.717) is 19.2 Å². The van der Waals surface area contributed by atoms with Crippen LogP contribution in [0.25, 0.3) is 0 Å². The van der Waals surface area contributed by atoms with Crippen LogP contribution in [0.3, 0.4) is 0 Å². The number of hydrogen-bond donors (Lipinski definition) is 1. The maximum Gasteiger partial charge on any atom is 0.248 e. The number of rotatable bonds is 8. The van der Waals surface area contributed by atoms with Crippen LogP contribution in [-0.2, 0) is 16.1 Å². The van der Waals surface area contributed by atoms with Gasteiger partial charge in [0.2, 0.25) is 5.91 Å². The molecule has 0 aliphatic heterocycles. The summed E-state index contributed by atoms with van der Waals surface area (Å²) in [7, 11) is 2.16. The van der Waals surface area contributed by atoms with Gasteiger partial charge in [0.25, 0.3) is 0 Å². The zero-order valence-corrected chi connectivity index (χ0v) is 14.5. The van der Waals surface area contributed by atoms with E-state index < -0.39 is 6.10 Å². The summed E-state index contributed by atoms with van der Waals surface area (Å²) < 4.78 is 5.64. The predicted octanol–water partition coefficient (Wildman–Crippen LogP) is 2.97. The van der Waals surface area contributed by atoms with Crippen LogP contribution in [0.2, 0.25) is 0 Å². The van der Waals surface area contributed by atoms with E-state index in [0.717, 1.165) is 12.1 Å². The van der Waals surface area contributed by atoms with Crippen molar-refractivity contribution in [2.24, 2.45) is 0 Å². The van der Waals surface area contributed by atoms with Crippen LogP contribution in [0.4, 0.5) is 0 Å². The Labute approximate surface area is 140 Å². The molecule has 0 aromatic heterocycles. The van der Waals surface area contributed by atoms with Gasteiger partial charge in [-0.3, -0.25) is 4.79 Å². The molecule has 0 bridgehead atoms. The van der Waals surface area contributed by atoms with Crippen LogP contribution in [0.1, 0.15) is 44.6 Å². The lowest BCUT2D eigenvalue weighted by atomic mass is 9.94. The summed E-state index contributed by atoms with van der Waals surface area (Å²) in [6, 6.07) is 10.6. The van der Waals surface area contributed by atoms with Crippen LogP contribution in [0.15, 0.2) is 30.3 Å². The Kier molecular flexibility index (Phi) is 7.56. The molecule has 1 atom stereocenters. The van der Waals surface area contributed by atoms with Crippen LogP contribution in [0, 0.1) is 0 Å². The normalized spacial score (nSPS) is 17.2. The Bertz CT molecular complexity index is 458. The third-order valence-electron chi connectivity index (χ3n) is 4.67. The predicted molar refractivity (Wildman–Crippen MR) is 93.2 cm³/mol. The number of likely N-dealkylation sites (N-methyl/N-ethyl adjacent to an activating group) is 1. The number of ether oxygens (including phenoxy) is 1. The Morgan fingerprint density at radius 3 is 2.65 bits per heavy atom. The fraction of sp³-hybridized carbons (Fsp3) is 0.632.